The first kappa shape index (κ1) is 22.8. The Labute approximate surface area is 206 Å². The minimum absolute atomic E-state index is 0.0558. The number of oxime groups is 1. The molecule has 1 saturated heterocycles. The number of anilines is 1. The molecule has 0 radical (unpaired) electrons. The van der Waals surface area contributed by atoms with E-state index >= 15 is 0 Å². The van der Waals surface area contributed by atoms with Crippen LogP contribution in [-0.4, -0.2) is 35.1 Å². The van der Waals surface area contributed by atoms with Gasteiger partial charge >= 0.3 is 0 Å². The topological polar surface area (TPSA) is 60.7 Å². The van der Waals surface area contributed by atoms with E-state index < -0.39 is 5.72 Å². The van der Waals surface area contributed by atoms with Gasteiger partial charge in [-0.25, -0.2) is 4.39 Å². The number of piperidine rings is 1. The third kappa shape index (κ3) is 4.05. The molecule has 3 aliphatic rings. The van der Waals surface area contributed by atoms with E-state index in [1.54, 1.807) is 6.07 Å². The average molecular weight is 525 g/mol. The fraction of sp³-hybridized carbons (Fsp3) is 0.308. The second-order valence-electron chi connectivity index (χ2n) is 8.82. The fourth-order valence-corrected chi connectivity index (χ4v) is 5.49. The van der Waals surface area contributed by atoms with Crippen molar-refractivity contribution in [3.05, 3.63) is 80.8 Å². The number of allylic oxidation sites excluding steroid dienone is 1. The molecular weight excluding hydrogens is 499 g/mol. The van der Waals surface area contributed by atoms with E-state index in [4.69, 9.17) is 4.84 Å². The van der Waals surface area contributed by atoms with Gasteiger partial charge in [0.2, 0.25) is 5.72 Å². The molecule has 0 aromatic heterocycles. The first-order valence-electron chi connectivity index (χ1n) is 11.3. The zero-order valence-corrected chi connectivity index (χ0v) is 20.7. The number of benzene rings is 2. The van der Waals surface area contributed by atoms with Crippen LogP contribution in [0, 0.1) is 5.82 Å². The minimum atomic E-state index is -0.818. The molecule has 0 bridgehead atoms. The van der Waals surface area contributed by atoms with E-state index in [1.165, 1.54) is 12.1 Å². The van der Waals surface area contributed by atoms with Gasteiger partial charge in [-0.1, -0.05) is 27.2 Å². The number of aliphatic hydroxyl groups is 1. The van der Waals surface area contributed by atoms with Gasteiger partial charge in [0.1, 0.15) is 5.82 Å². The summed E-state index contributed by atoms with van der Waals surface area (Å²) >= 11 is 3.48. The molecule has 2 aromatic carbocycles. The van der Waals surface area contributed by atoms with E-state index in [1.807, 2.05) is 38.4 Å². The number of hydrogen-bond acceptors (Lipinski definition) is 6. The molecule has 3 heterocycles. The van der Waals surface area contributed by atoms with Crippen LogP contribution in [-0.2, 0) is 17.2 Å². The van der Waals surface area contributed by atoms with Crippen LogP contribution < -0.4 is 4.90 Å². The summed E-state index contributed by atoms with van der Waals surface area (Å²) in [5, 5.41) is 14.5. The van der Waals surface area contributed by atoms with Crippen LogP contribution in [0.25, 0.3) is 6.08 Å². The van der Waals surface area contributed by atoms with Gasteiger partial charge in [0.25, 0.3) is 0 Å². The molecule has 1 fully saturated rings. The number of amidine groups is 1. The molecule has 176 valence electrons. The largest absolute Gasteiger partial charge is 0.392 e. The van der Waals surface area contributed by atoms with Crippen molar-refractivity contribution in [2.24, 2.45) is 10.1 Å². The zero-order chi connectivity index (χ0) is 23.9. The van der Waals surface area contributed by atoms with Gasteiger partial charge in [0, 0.05) is 47.2 Å². The highest BCUT2D eigenvalue weighted by atomic mass is 79.9. The molecule has 0 amide bonds. The number of aliphatic imine (C=N–C) groups is 1. The van der Waals surface area contributed by atoms with Crippen LogP contribution in [0.15, 0.2) is 68.5 Å². The lowest BCUT2D eigenvalue weighted by Crippen LogP contribution is -2.47. The van der Waals surface area contributed by atoms with Crippen molar-refractivity contribution in [1.82, 2.24) is 4.90 Å². The van der Waals surface area contributed by atoms with Gasteiger partial charge in [-0.3, -0.25) is 4.99 Å². The van der Waals surface area contributed by atoms with Crippen LogP contribution in [0.4, 0.5) is 10.1 Å². The van der Waals surface area contributed by atoms with Crippen LogP contribution in [0.2, 0.25) is 0 Å². The highest BCUT2D eigenvalue weighted by molar-refractivity contribution is 9.10. The average Bonchev–Trinajstić information content (AvgIpc) is 3.17. The summed E-state index contributed by atoms with van der Waals surface area (Å²) in [5.74, 6) is 0.494. The van der Waals surface area contributed by atoms with E-state index in [2.05, 4.69) is 48.0 Å². The first-order valence-corrected chi connectivity index (χ1v) is 12.1. The maximum absolute atomic E-state index is 13.7. The second kappa shape index (κ2) is 9.00. The molecule has 1 atom stereocenters. The molecule has 0 aliphatic carbocycles. The van der Waals surface area contributed by atoms with Crippen LogP contribution >= 0.6 is 15.9 Å². The maximum Gasteiger partial charge on any atom is 0.235 e. The standard InChI is InChI=1S/C26H26BrFN4O2/c1-17-15-31(11-9-29-17)24-8-5-18(13-20(24)16-33)12-19-4-3-10-32-25(19)30-34-26(32,2)22-7-6-21(28)14-23(22)27/h5-9,12-15,33H,3-4,10-11,16H2,1-2H3/b19-12-. The van der Waals surface area contributed by atoms with Crippen molar-refractivity contribution in [2.75, 3.05) is 18.0 Å². The normalized spacial score (nSPS) is 23.0. The summed E-state index contributed by atoms with van der Waals surface area (Å²) in [7, 11) is 0. The van der Waals surface area contributed by atoms with Gasteiger partial charge in [0.05, 0.1) is 18.8 Å². The van der Waals surface area contributed by atoms with Gasteiger partial charge in [0.15, 0.2) is 5.84 Å². The Hall–Kier alpha value is -2.97. The highest BCUT2D eigenvalue weighted by Crippen LogP contribution is 2.42. The molecule has 0 saturated carbocycles. The highest BCUT2D eigenvalue weighted by Gasteiger charge is 2.46. The fourth-order valence-electron chi connectivity index (χ4n) is 4.78. The number of aliphatic hydroxyl groups excluding tert-OH is 1. The molecule has 8 heteroatoms. The molecule has 2 aromatic rings. The van der Waals surface area contributed by atoms with E-state index in [0.29, 0.717) is 11.0 Å². The van der Waals surface area contributed by atoms with Crippen LogP contribution in [0.5, 0.6) is 0 Å². The summed E-state index contributed by atoms with van der Waals surface area (Å²) in [6.45, 7) is 5.32. The molecule has 0 spiro atoms. The Bertz CT molecular complexity index is 1260. The Morgan fingerprint density at radius 2 is 2.12 bits per heavy atom. The zero-order valence-electron chi connectivity index (χ0n) is 19.1. The number of hydrogen-bond donors (Lipinski definition) is 1. The summed E-state index contributed by atoms with van der Waals surface area (Å²) < 4.78 is 14.3. The van der Waals surface area contributed by atoms with Crippen LogP contribution in [0.3, 0.4) is 0 Å². The van der Waals surface area contributed by atoms with Crippen molar-refractivity contribution >= 4 is 39.7 Å². The molecule has 6 nitrogen and oxygen atoms in total. The number of fused-ring (bicyclic) bond motifs is 1. The SMILES string of the molecule is CC1=CN(c2ccc(/C=C3/CCCN4C3=NOC4(C)c3ccc(F)cc3Br)cc2CO)CC=N1. The first-order chi connectivity index (χ1) is 16.4. The Morgan fingerprint density at radius 3 is 2.88 bits per heavy atom. The van der Waals surface area contributed by atoms with Crippen LogP contribution in [0.1, 0.15) is 43.4 Å². The van der Waals surface area contributed by atoms with Gasteiger partial charge in [-0.2, -0.15) is 0 Å². The summed E-state index contributed by atoms with van der Waals surface area (Å²) in [6, 6.07) is 10.7. The van der Waals surface area contributed by atoms with Gasteiger partial charge in [-0.15, -0.1) is 0 Å². The molecule has 1 N–H and O–H groups in total. The van der Waals surface area contributed by atoms with E-state index in [9.17, 15) is 9.50 Å². The van der Waals surface area contributed by atoms with Crippen molar-refractivity contribution < 1.29 is 14.3 Å². The Balaban J connectivity index is 1.44. The van der Waals surface area contributed by atoms with Crippen molar-refractivity contribution in [3.8, 4) is 0 Å². The van der Waals surface area contributed by atoms with Gasteiger partial charge < -0.3 is 19.7 Å². The third-order valence-corrected chi connectivity index (χ3v) is 7.12. The summed E-state index contributed by atoms with van der Waals surface area (Å²) in [4.78, 5) is 14.5. The van der Waals surface area contributed by atoms with Crippen molar-refractivity contribution in [3.63, 3.8) is 0 Å². The minimum Gasteiger partial charge on any atom is -0.392 e. The molecule has 1 unspecified atom stereocenters. The third-order valence-electron chi connectivity index (χ3n) is 6.47. The lowest BCUT2D eigenvalue weighted by atomic mass is 9.95. The van der Waals surface area contributed by atoms with E-state index in [0.717, 1.165) is 58.9 Å². The molecular formula is C26H26BrFN4O2. The number of halogens is 2. The lowest BCUT2D eigenvalue weighted by Gasteiger charge is -2.38. The lowest BCUT2D eigenvalue weighted by molar-refractivity contribution is -0.0918. The molecule has 34 heavy (non-hydrogen) atoms. The van der Waals surface area contributed by atoms with Crippen molar-refractivity contribution in [2.45, 2.75) is 39.0 Å². The summed E-state index contributed by atoms with van der Waals surface area (Å²) in [6.07, 6.45) is 7.80. The smallest absolute Gasteiger partial charge is 0.235 e. The number of nitrogens with zero attached hydrogens (tertiary/aromatic N) is 4. The maximum atomic E-state index is 13.7. The Morgan fingerprint density at radius 1 is 1.26 bits per heavy atom. The van der Waals surface area contributed by atoms with E-state index in [-0.39, 0.29) is 12.4 Å². The monoisotopic (exact) mass is 524 g/mol. The molecule has 3 aliphatic heterocycles. The van der Waals surface area contributed by atoms with Gasteiger partial charge in [-0.05, 0) is 67.3 Å². The second-order valence-corrected chi connectivity index (χ2v) is 9.67. The number of rotatable bonds is 4. The Kier molecular flexibility index (Phi) is 6.04. The molecule has 5 rings (SSSR count). The summed E-state index contributed by atoms with van der Waals surface area (Å²) in [5.41, 5.74) is 4.83. The van der Waals surface area contributed by atoms with Crippen molar-refractivity contribution in [1.29, 1.82) is 0 Å². The predicted molar refractivity (Wildman–Crippen MR) is 136 cm³/mol. The quantitative estimate of drug-likeness (QED) is 0.571. The predicted octanol–water partition coefficient (Wildman–Crippen LogP) is 5.53.